The van der Waals surface area contributed by atoms with Crippen molar-refractivity contribution < 1.29 is 4.74 Å². The normalized spacial score (nSPS) is 15.8. The van der Waals surface area contributed by atoms with E-state index in [4.69, 9.17) is 4.74 Å². The molecule has 0 atom stereocenters. The highest BCUT2D eigenvalue weighted by atomic mass is 16.5. The topological polar surface area (TPSA) is 44.1 Å². The van der Waals surface area contributed by atoms with Gasteiger partial charge in [-0.15, -0.1) is 0 Å². The van der Waals surface area contributed by atoms with E-state index in [1.54, 1.807) is 4.57 Å². The van der Waals surface area contributed by atoms with Crippen LogP contribution in [0.25, 0.3) is 10.9 Å². The van der Waals surface area contributed by atoms with Crippen LogP contribution in [0.4, 0.5) is 0 Å². The molecule has 0 N–H and O–H groups in total. The highest BCUT2D eigenvalue weighted by Gasteiger charge is 2.12. The molecule has 0 aliphatic carbocycles. The average Bonchev–Trinajstić information content (AvgIpc) is 2.55. The second-order valence-corrected chi connectivity index (χ2v) is 3.91. The molecule has 1 aliphatic rings. The molecular formula is C12H12N2O2. The summed E-state index contributed by atoms with van der Waals surface area (Å²) in [6, 6.07) is 7.45. The Morgan fingerprint density at radius 2 is 2.19 bits per heavy atom. The van der Waals surface area contributed by atoms with Crippen LogP contribution < -0.4 is 5.56 Å². The molecule has 2 heterocycles. The smallest absolute Gasteiger partial charge is 0.261 e. The Balaban J connectivity index is 2.34. The largest absolute Gasteiger partial charge is 0.373 e. The molecule has 2 aromatic rings. The average molecular weight is 216 g/mol. The summed E-state index contributed by atoms with van der Waals surface area (Å²) in [5.41, 5.74) is 0.801. The minimum Gasteiger partial charge on any atom is -0.373 e. The zero-order valence-electron chi connectivity index (χ0n) is 8.85. The van der Waals surface area contributed by atoms with Crippen LogP contribution in [-0.4, -0.2) is 16.2 Å². The molecule has 0 spiro atoms. The predicted molar refractivity (Wildman–Crippen MR) is 60.3 cm³/mol. The third-order valence-corrected chi connectivity index (χ3v) is 2.84. The summed E-state index contributed by atoms with van der Waals surface area (Å²) in [5, 5.41) is 0.688. The zero-order valence-corrected chi connectivity index (χ0v) is 8.85. The number of hydrogen-bond acceptors (Lipinski definition) is 3. The van der Waals surface area contributed by atoms with E-state index in [2.05, 4.69) is 4.98 Å². The molecule has 4 heteroatoms. The van der Waals surface area contributed by atoms with Crippen molar-refractivity contribution >= 4 is 10.9 Å². The van der Waals surface area contributed by atoms with Gasteiger partial charge in [-0.05, 0) is 18.6 Å². The van der Waals surface area contributed by atoms with Crippen LogP contribution in [0.1, 0.15) is 12.2 Å². The first-order valence-electron chi connectivity index (χ1n) is 5.42. The van der Waals surface area contributed by atoms with Crippen molar-refractivity contribution in [3.05, 3.63) is 40.4 Å². The number of fused-ring (bicyclic) bond motifs is 2. The minimum atomic E-state index is 0.0473. The highest BCUT2D eigenvalue weighted by molar-refractivity contribution is 5.77. The summed E-state index contributed by atoms with van der Waals surface area (Å²) >= 11 is 0. The minimum absolute atomic E-state index is 0.0473. The van der Waals surface area contributed by atoms with Gasteiger partial charge in [0, 0.05) is 13.2 Å². The van der Waals surface area contributed by atoms with Gasteiger partial charge in [-0.1, -0.05) is 12.1 Å². The van der Waals surface area contributed by atoms with Crippen molar-refractivity contribution in [3.63, 3.8) is 0 Å². The second-order valence-electron chi connectivity index (χ2n) is 3.91. The first-order chi connectivity index (χ1) is 7.86. The fourth-order valence-electron chi connectivity index (χ4n) is 2.04. The van der Waals surface area contributed by atoms with Crippen molar-refractivity contribution in [1.82, 2.24) is 9.55 Å². The molecule has 0 saturated heterocycles. The SMILES string of the molecule is O=c1c2ccccc2nc2n1CCCOC2. The van der Waals surface area contributed by atoms with Gasteiger partial charge in [-0.3, -0.25) is 9.36 Å². The Labute approximate surface area is 92.5 Å². The molecule has 1 aromatic carbocycles. The molecule has 0 fully saturated rings. The highest BCUT2D eigenvalue weighted by Crippen LogP contribution is 2.11. The van der Waals surface area contributed by atoms with Crippen molar-refractivity contribution in [2.45, 2.75) is 19.6 Å². The molecular weight excluding hydrogens is 204 g/mol. The lowest BCUT2D eigenvalue weighted by Crippen LogP contribution is -2.24. The number of ether oxygens (including phenoxy) is 1. The van der Waals surface area contributed by atoms with Crippen molar-refractivity contribution in [1.29, 1.82) is 0 Å². The van der Waals surface area contributed by atoms with Crippen molar-refractivity contribution in [2.75, 3.05) is 6.61 Å². The van der Waals surface area contributed by atoms with Crippen LogP contribution in [0.2, 0.25) is 0 Å². The molecule has 0 radical (unpaired) electrons. The molecule has 82 valence electrons. The molecule has 3 rings (SSSR count). The Bertz CT molecular complexity index is 589. The van der Waals surface area contributed by atoms with Crippen LogP contribution in [0.15, 0.2) is 29.1 Å². The molecule has 0 amide bonds. The lowest BCUT2D eigenvalue weighted by Gasteiger charge is -2.08. The van der Waals surface area contributed by atoms with Gasteiger partial charge >= 0.3 is 0 Å². The Morgan fingerprint density at radius 3 is 3.12 bits per heavy atom. The number of nitrogens with zero attached hydrogens (tertiary/aromatic N) is 2. The third-order valence-electron chi connectivity index (χ3n) is 2.84. The van der Waals surface area contributed by atoms with Gasteiger partial charge in [-0.25, -0.2) is 4.98 Å². The summed E-state index contributed by atoms with van der Waals surface area (Å²) < 4.78 is 7.13. The monoisotopic (exact) mass is 216 g/mol. The maximum Gasteiger partial charge on any atom is 0.261 e. The molecule has 16 heavy (non-hydrogen) atoms. The summed E-state index contributed by atoms with van der Waals surface area (Å²) in [4.78, 5) is 16.7. The van der Waals surface area contributed by atoms with E-state index in [-0.39, 0.29) is 5.56 Å². The first kappa shape index (κ1) is 9.54. The van der Waals surface area contributed by atoms with Crippen LogP contribution >= 0.6 is 0 Å². The van der Waals surface area contributed by atoms with E-state index in [9.17, 15) is 4.79 Å². The van der Waals surface area contributed by atoms with Crippen LogP contribution in [-0.2, 0) is 17.9 Å². The van der Waals surface area contributed by atoms with Gasteiger partial charge in [0.1, 0.15) is 12.4 Å². The molecule has 0 bridgehead atoms. The van der Waals surface area contributed by atoms with E-state index in [1.807, 2.05) is 24.3 Å². The summed E-state index contributed by atoms with van der Waals surface area (Å²) in [7, 11) is 0. The quantitative estimate of drug-likeness (QED) is 0.667. The fourth-order valence-corrected chi connectivity index (χ4v) is 2.04. The lowest BCUT2D eigenvalue weighted by molar-refractivity contribution is 0.122. The second kappa shape index (κ2) is 3.72. The van der Waals surface area contributed by atoms with Crippen LogP contribution in [0, 0.1) is 0 Å². The van der Waals surface area contributed by atoms with E-state index in [0.29, 0.717) is 25.1 Å². The molecule has 1 aromatic heterocycles. The van der Waals surface area contributed by atoms with Crippen LogP contribution in [0.5, 0.6) is 0 Å². The van der Waals surface area contributed by atoms with E-state index >= 15 is 0 Å². The van der Waals surface area contributed by atoms with Crippen LogP contribution in [0.3, 0.4) is 0 Å². The number of benzene rings is 1. The predicted octanol–water partition coefficient (Wildman–Crippen LogP) is 1.32. The van der Waals surface area contributed by atoms with Gasteiger partial charge in [0.05, 0.1) is 10.9 Å². The molecule has 4 nitrogen and oxygen atoms in total. The molecule has 0 saturated carbocycles. The van der Waals surface area contributed by atoms with E-state index in [0.717, 1.165) is 17.8 Å². The van der Waals surface area contributed by atoms with Crippen molar-refractivity contribution in [2.24, 2.45) is 0 Å². The maximum atomic E-state index is 12.2. The summed E-state index contributed by atoms with van der Waals surface area (Å²) in [6.07, 6.45) is 0.868. The number of hydrogen-bond donors (Lipinski definition) is 0. The van der Waals surface area contributed by atoms with E-state index < -0.39 is 0 Å². The number of para-hydroxylation sites is 1. The van der Waals surface area contributed by atoms with Gasteiger partial charge in [0.25, 0.3) is 5.56 Å². The summed E-state index contributed by atoms with van der Waals surface area (Å²) in [6.45, 7) is 1.82. The standard InChI is InChI=1S/C12H12N2O2/c15-12-9-4-1-2-5-10(9)13-11-8-16-7-3-6-14(11)12/h1-2,4-5H,3,6-8H2. The maximum absolute atomic E-state index is 12.2. The number of aromatic nitrogens is 2. The third kappa shape index (κ3) is 1.42. The van der Waals surface area contributed by atoms with Gasteiger partial charge in [0.15, 0.2) is 0 Å². The Hall–Kier alpha value is -1.68. The zero-order chi connectivity index (χ0) is 11.0. The Kier molecular flexibility index (Phi) is 2.22. The van der Waals surface area contributed by atoms with E-state index in [1.165, 1.54) is 0 Å². The first-order valence-corrected chi connectivity index (χ1v) is 5.42. The van der Waals surface area contributed by atoms with Gasteiger partial charge < -0.3 is 4.74 Å². The Morgan fingerprint density at radius 1 is 1.31 bits per heavy atom. The van der Waals surface area contributed by atoms with Gasteiger partial charge in [0.2, 0.25) is 0 Å². The fraction of sp³-hybridized carbons (Fsp3) is 0.333. The molecule has 0 unspecified atom stereocenters. The van der Waals surface area contributed by atoms with Crippen molar-refractivity contribution in [3.8, 4) is 0 Å². The lowest BCUT2D eigenvalue weighted by atomic mass is 10.2. The van der Waals surface area contributed by atoms with Gasteiger partial charge in [-0.2, -0.15) is 0 Å². The molecule has 1 aliphatic heterocycles. The number of rotatable bonds is 0. The summed E-state index contributed by atoms with van der Waals surface area (Å²) in [5.74, 6) is 0.737.